The molecule has 0 aliphatic heterocycles. The summed E-state index contributed by atoms with van der Waals surface area (Å²) in [6.45, 7) is 1.53. The molecule has 2 N–H and O–H groups in total. The number of aryl methyl sites for hydroxylation is 1. The summed E-state index contributed by atoms with van der Waals surface area (Å²) in [5.74, 6) is -8.42. The molecule has 0 aliphatic carbocycles. The van der Waals surface area contributed by atoms with Gasteiger partial charge in [-0.25, -0.2) is 4.39 Å². The van der Waals surface area contributed by atoms with Crippen molar-refractivity contribution < 1.29 is 31.2 Å². The van der Waals surface area contributed by atoms with Gasteiger partial charge in [0.05, 0.1) is 17.5 Å². The first-order chi connectivity index (χ1) is 12.8. The third-order valence-electron chi connectivity index (χ3n) is 3.58. The van der Waals surface area contributed by atoms with E-state index in [1.54, 1.807) is 0 Å². The summed E-state index contributed by atoms with van der Waals surface area (Å²) in [5.41, 5.74) is -1.46. The molecule has 2 aromatic heterocycles. The number of nitrogens with zero attached hydrogens (tertiary/aromatic N) is 1. The second-order valence-corrected chi connectivity index (χ2v) is 5.36. The maximum atomic E-state index is 14.0. The number of amides is 1. The minimum Gasteiger partial charge on any atom is -0.469 e. The van der Waals surface area contributed by atoms with Crippen molar-refractivity contribution in [1.82, 2.24) is 4.98 Å². The van der Waals surface area contributed by atoms with Crippen molar-refractivity contribution in [2.24, 2.45) is 0 Å². The fourth-order valence-corrected chi connectivity index (χ4v) is 2.25. The number of halogens is 5. The maximum absolute atomic E-state index is 14.0. The largest absolute Gasteiger partial charge is 0.469 e. The molecule has 1 aromatic carbocycles. The van der Waals surface area contributed by atoms with E-state index in [2.05, 4.69) is 15.6 Å². The van der Waals surface area contributed by atoms with Gasteiger partial charge in [0.15, 0.2) is 0 Å². The van der Waals surface area contributed by atoms with Crippen LogP contribution in [-0.2, 0) is 0 Å². The Labute approximate surface area is 148 Å². The highest BCUT2D eigenvalue weighted by atomic mass is 19.2. The predicted octanol–water partition coefficient (Wildman–Crippen LogP) is 4.67. The van der Waals surface area contributed by atoms with E-state index in [9.17, 15) is 26.7 Å². The first-order valence-corrected chi connectivity index (χ1v) is 7.40. The van der Waals surface area contributed by atoms with Crippen LogP contribution in [0.1, 0.15) is 16.1 Å². The lowest BCUT2D eigenvalue weighted by atomic mass is 10.2. The summed E-state index contributed by atoms with van der Waals surface area (Å²) in [5, 5.41) is 4.37. The molecule has 5 nitrogen and oxygen atoms in total. The third kappa shape index (κ3) is 3.59. The zero-order chi connectivity index (χ0) is 19.7. The van der Waals surface area contributed by atoms with E-state index in [-0.39, 0.29) is 16.9 Å². The van der Waals surface area contributed by atoms with Gasteiger partial charge in [-0.2, -0.15) is 22.5 Å². The zero-order valence-electron chi connectivity index (χ0n) is 13.5. The summed E-state index contributed by atoms with van der Waals surface area (Å²) < 4.78 is 72.7. The quantitative estimate of drug-likeness (QED) is 0.507. The fraction of sp³-hybridized carbons (Fsp3) is 0.0588. The van der Waals surface area contributed by atoms with E-state index in [1.807, 2.05) is 0 Å². The molecule has 0 spiro atoms. The molecule has 0 unspecified atom stereocenters. The number of nitrogens with one attached hydrogen (secondary N) is 2. The van der Waals surface area contributed by atoms with Crippen molar-refractivity contribution in [2.45, 2.75) is 6.92 Å². The molecule has 0 saturated heterocycles. The second kappa shape index (κ2) is 7.06. The molecule has 0 atom stereocenters. The second-order valence-electron chi connectivity index (χ2n) is 5.36. The number of benzene rings is 1. The molecule has 0 radical (unpaired) electrons. The number of anilines is 3. The van der Waals surface area contributed by atoms with E-state index < -0.39 is 40.9 Å². The number of carbonyl (C=O) groups excluding carboxylic acids is 1. The van der Waals surface area contributed by atoms with Gasteiger partial charge in [-0.3, -0.25) is 4.79 Å². The molecular weight excluding hydrogens is 373 g/mol. The normalized spacial score (nSPS) is 10.7. The molecular formula is C17H10F5N3O2. The molecule has 0 aliphatic rings. The van der Waals surface area contributed by atoms with E-state index >= 15 is 0 Å². The van der Waals surface area contributed by atoms with Gasteiger partial charge in [-0.1, -0.05) is 0 Å². The zero-order valence-corrected chi connectivity index (χ0v) is 13.5. The topological polar surface area (TPSA) is 67.2 Å². The van der Waals surface area contributed by atoms with E-state index in [0.717, 1.165) is 18.2 Å². The molecule has 27 heavy (non-hydrogen) atoms. The Bertz CT molecular complexity index is 1010. The number of carbonyl (C=O) groups is 1. The number of rotatable bonds is 4. The Morgan fingerprint density at radius 3 is 2.30 bits per heavy atom. The number of furan rings is 1. The van der Waals surface area contributed by atoms with Crippen LogP contribution in [0.4, 0.5) is 39.0 Å². The minimum absolute atomic E-state index is 0.140. The van der Waals surface area contributed by atoms with E-state index in [4.69, 9.17) is 4.42 Å². The van der Waals surface area contributed by atoms with Crippen LogP contribution in [0.25, 0.3) is 0 Å². The van der Waals surface area contributed by atoms with Crippen molar-refractivity contribution in [3.63, 3.8) is 0 Å². The summed E-state index contributed by atoms with van der Waals surface area (Å²) in [4.78, 5) is 14.6. The van der Waals surface area contributed by atoms with Crippen LogP contribution in [-0.4, -0.2) is 10.9 Å². The van der Waals surface area contributed by atoms with Gasteiger partial charge in [-0.15, -0.1) is 0 Å². The van der Waals surface area contributed by atoms with Crippen LogP contribution < -0.4 is 10.6 Å². The summed E-state index contributed by atoms with van der Waals surface area (Å²) in [6, 6.07) is 4.32. The fourth-order valence-electron chi connectivity index (χ4n) is 2.25. The average Bonchev–Trinajstić information content (AvgIpc) is 3.05. The lowest BCUT2D eigenvalue weighted by Gasteiger charge is -2.12. The van der Waals surface area contributed by atoms with Gasteiger partial charge < -0.3 is 15.1 Å². The van der Waals surface area contributed by atoms with Gasteiger partial charge in [0, 0.05) is 5.69 Å². The Kier molecular flexibility index (Phi) is 4.80. The lowest BCUT2D eigenvalue weighted by Crippen LogP contribution is -2.13. The highest BCUT2D eigenvalue weighted by molar-refractivity contribution is 6.05. The molecule has 0 saturated carbocycles. The first-order valence-electron chi connectivity index (χ1n) is 7.40. The van der Waals surface area contributed by atoms with Crippen LogP contribution in [0.3, 0.4) is 0 Å². The summed E-state index contributed by atoms with van der Waals surface area (Å²) in [6.07, 6.45) is 1.27. The van der Waals surface area contributed by atoms with Crippen molar-refractivity contribution in [2.75, 3.05) is 10.6 Å². The number of hydrogen-bond donors (Lipinski definition) is 2. The predicted molar refractivity (Wildman–Crippen MR) is 85.1 cm³/mol. The molecule has 1 amide bonds. The van der Waals surface area contributed by atoms with Crippen molar-refractivity contribution in [1.29, 1.82) is 0 Å². The smallest absolute Gasteiger partial charge is 0.259 e. The first kappa shape index (κ1) is 18.4. The monoisotopic (exact) mass is 383 g/mol. The number of hydrogen-bond acceptors (Lipinski definition) is 4. The van der Waals surface area contributed by atoms with Crippen LogP contribution in [0.5, 0.6) is 0 Å². The SMILES string of the molecule is Cc1occc1C(=O)Nc1cc(Nc2c(F)c(F)nc(F)c2F)ccc1F. The van der Waals surface area contributed by atoms with E-state index in [1.165, 1.54) is 19.3 Å². The average molecular weight is 383 g/mol. The molecule has 2 heterocycles. The molecule has 0 bridgehead atoms. The molecule has 0 fully saturated rings. The van der Waals surface area contributed by atoms with Crippen LogP contribution in [0.2, 0.25) is 0 Å². The van der Waals surface area contributed by atoms with Crippen molar-refractivity contribution in [3.05, 3.63) is 71.2 Å². The van der Waals surface area contributed by atoms with Crippen LogP contribution in [0.15, 0.2) is 34.9 Å². The van der Waals surface area contributed by atoms with Crippen molar-refractivity contribution >= 4 is 23.0 Å². The Morgan fingerprint density at radius 2 is 1.70 bits per heavy atom. The van der Waals surface area contributed by atoms with Crippen LogP contribution >= 0.6 is 0 Å². The van der Waals surface area contributed by atoms with Gasteiger partial charge in [0.25, 0.3) is 17.8 Å². The van der Waals surface area contributed by atoms with Crippen molar-refractivity contribution in [3.8, 4) is 0 Å². The number of aromatic nitrogens is 1. The highest BCUT2D eigenvalue weighted by Crippen LogP contribution is 2.28. The Hall–Kier alpha value is -3.43. The summed E-state index contributed by atoms with van der Waals surface area (Å²) in [7, 11) is 0. The van der Waals surface area contributed by atoms with Gasteiger partial charge in [-0.05, 0) is 31.2 Å². The van der Waals surface area contributed by atoms with Gasteiger partial charge in [0.1, 0.15) is 17.3 Å². The van der Waals surface area contributed by atoms with Gasteiger partial charge in [0.2, 0.25) is 11.6 Å². The Morgan fingerprint density at radius 1 is 1.04 bits per heavy atom. The standard InChI is InChI=1S/C17H10F5N3O2/c1-7-9(4-5-27-7)17(26)24-11-6-8(2-3-10(11)18)23-14-12(19)15(21)25-16(22)13(14)20/h2-6H,1H3,(H,23,25)(H,24,26). The molecule has 3 rings (SSSR count). The molecule has 3 aromatic rings. The highest BCUT2D eigenvalue weighted by Gasteiger charge is 2.21. The molecule has 140 valence electrons. The Balaban J connectivity index is 1.91. The maximum Gasteiger partial charge on any atom is 0.259 e. The van der Waals surface area contributed by atoms with Gasteiger partial charge >= 0.3 is 0 Å². The summed E-state index contributed by atoms with van der Waals surface area (Å²) >= 11 is 0. The van der Waals surface area contributed by atoms with Crippen LogP contribution in [0, 0.1) is 36.3 Å². The van der Waals surface area contributed by atoms with E-state index in [0.29, 0.717) is 5.76 Å². The number of pyridine rings is 1. The minimum atomic E-state index is -1.84. The third-order valence-corrected chi connectivity index (χ3v) is 3.58. The molecule has 10 heteroatoms. The lowest BCUT2D eigenvalue weighted by molar-refractivity contribution is 0.102.